The number of hydrogen-bond donors (Lipinski definition) is 0. The third-order valence-electron chi connectivity index (χ3n) is 6.17. The zero-order chi connectivity index (χ0) is 19.1. The summed E-state index contributed by atoms with van der Waals surface area (Å²) in [6, 6.07) is 9.24. The van der Waals surface area contributed by atoms with Gasteiger partial charge in [0, 0.05) is 12.5 Å². The summed E-state index contributed by atoms with van der Waals surface area (Å²) in [6.07, 6.45) is 4.75. The standard InChI is InChI=1S/C21H29NO3Si/c1-21(2,3)26(4,5)25-14-15-10-9-13-17-18(15)20(24)22(19(17)23)16-11-7-6-8-12-16/h6-12,15,17-18H,13-14H2,1-5H3/t15-,17-,18+/m1/s1. The van der Waals surface area contributed by atoms with Crippen molar-refractivity contribution in [2.24, 2.45) is 17.8 Å². The lowest BCUT2D eigenvalue weighted by Crippen LogP contribution is -2.43. The number of fused-ring (bicyclic) bond motifs is 1. The minimum absolute atomic E-state index is 0.0342. The average molecular weight is 372 g/mol. The Bertz CT molecular complexity index is 721. The van der Waals surface area contributed by atoms with Gasteiger partial charge in [-0.2, -0.15) is 0 Å². The lowest BCUT2D eigenvalue weighted by atomic mass is 9.78. The molecule has 0 aromatic heterocycles. The first kappa shape index (κ1) is 19.0. The predicted molar refractivity (Wildman–Crippen MR) is 106 cm³/mol. The summed E-state index contributed by atoms with van der Waals surface area (Å²) < 4.78 is 6.37. The molecule has 0 radical (unpaired) electrons. The Kier molecular flexibility index (Phi) is 4.97. The van der Waals surface area contributed by atoms with Crippen LogP contribution in [0, 0.1) is 17.8 Å². The largest absolute Gasteiger partial charge is 0.416 e. The Labute approximate surface area is 157 Å². The summed E-state index contributed by atoms with van der Waals surface area (Å²) in [5.74, 6) is -0.765. The fraction of sp³-hybridized carbons (Fsp3) is 0.524. The minimum atomic E-state index is -1.90. The van der Waals surface area contributed by atoms with E-state index in [1.54, 1.807) is 0 Å². The molecule has 0 bridgehead atoms. The Morgan fingerprint density at radius 2 is 1.77 bits per heavy atom. The van der Waals surface area contributed by atoms with Crippen LogP contribution in [0.1, 0.15) is 27.2 Å². The van der Waals surface area contributed by atoms with E-state index in [0.717, 1.165) is 0 Å². The monoisotopic (exact) mass is 371 g/mol. The highest BCUT2D eigenvalue weighted by atomic mass is 28.4. The Hall–Kier alpha value is -1.72. The first-order chi connectivity index (χ1) is 12.1. The second kappa shape index (κ2) is 6.78. The highest BCUT2D eigenvalue weighted by molar-refractivity contribution is 6.74. The third kappa shape index (κ3) is 3.30. The van der Waals surface area contributed by atoms with Crippen LogP contribution < -0.4 is 4.90 Å². The van der Waals surface area contributed by atoms with Crippen molar-refractivity contribution in [1.29, 1.82) is 0 Å². The summed E-state index contributed by atoms with van der Waals surface area (Å²) in [5, 5.41) is 0.121. The van der Waals surface area contributed by atoms with E-state index in [4.69, 9.17) is 4.43 Å². The van der Waals surface area contributed by atoms with Crippen molar-refractivity contribution >= 4 is 25.8 Å². The molecule has 140 valence electrons. The molecule has 3 atom stereocenters. The fourth-order valence-corrected chi connectivity index (χ4v) is 4.55. The highest BCUT2D eigenvalue weighted by Gasteiger charge is 2.52. The molecule has 26 heavy (non-hydrogen) atoms. The maximum absolute atomic E-state index is 13.1. The van der Waals surface area contributed by atoms with Gasteiger partial charge in [-0.05, 0) is 36.7 Å². The van der Waals surface area contributed by atoms with Crippen molar-refractivity contribution in [1.82, 2.24) is 0 Å². The highest BCUT2D eigenvalue weighted by Crippen LogP contribution is 2.42. The number of carbonyl (C=O) groups is 2. The van der Waals surface area contributed by atoms with E-state index in [-0.39, 0.29) is 34.6 Å². The molecule has 1 aliphatic heterocycles. The van der Waals surface area contributed by atoms with Crippen LogP contribution in [-0.4, -0.2) is 26.7 Å². The van der Waals surface area contributed by atoms with E-state index in [0.29, 0.717) is 18.7 Å². The fourth-order valence-electron chi connectivity index (χ4n) is 3.51. The van der Waals surface area contributed by atoms with Gasteiger partial charge < -0.3 is 4.43 Å². The van der Waals surface area contributed by atoms with E-state index in [2.05, 4.69) is 39.9 Å². The van der Waals surface area contributed by atoms with Gasteiger partial charge in [0.25, 0.3) is 0 Å². The van der Waals surface area contributed by atoms with Gasteiger partial charge in [0.2, 0.25) is 11.8 Å². The molecular formula is C21H29NO3Si. The van der Waals surface area contributed by atoms with Gasteiger partial charge in [0.1, 0.15) is 0 Å². The van der Waals surface area contributed by atoms with Crippen molar-refractivity contribution in [2.75, 3.05) is 11.5 Å². The minimum Gasteiger partial charge on any atom is -0.416 e. The van der Waals surface area contributed by atoms with Crippen LogP contribution in [0.2, 0.25) is 18.1 Å². The number of allylic oxidation sites excluding steroid dienone is 1. The second-order valence-electron chi connectivity index (χ2n) is 8.88. The first-order valence-corrected chi connectivity index (χ1v) is 12.3. The number of rotatable bonds is 4. The van der Waals surface area contributed by atoms with Crippen molar-refractivity contribution in [3.05, 3.63) is 42.5 Å². The van der Waals surface area contributed by atoms with E-state index in [1.807, 2.05) is 36.4 Å². The second-order valence-corrected chi connectivity index (χ2v) is 13.7. The zero-order valence-electron chi connectivity index (χ0n) is 16.4. The summed E-state index contributed by atoms with van der Waals surface area (Å²) in [4.78, 5) is 27.4. The van der Waals surface area contributed by atoms with Gasteiger partial charge >= 0.3 is 0 Å². The normalized spacial score (nSPS) is 26.3. The van der Waals surface area contributed by atoms with Gasteiger partial charge in [-0.1, -0.05) is 51.1 Å². The molecule has 2 aliphatic rings. The maximum Gasteiger partial charge on any atom is 0.238 e. The number of benzene rings is 1. The topological polar surface area (TPSA) is 46.6 Å². The molecule has 1 fully saturated rings. The van der Waals surface area contributed by atoms with Crippen LogP contribution in [0.15, 0.2) is 42.5 Å². The van der Waals surface area contributed by atoms with E-state index in [9.17, 15) is 9.59 Å². The van der Waals surface area contributed by atoms with E-state index >= 15 is 0 Å². The third-order valence-corrected chi connectivity index (χ3v) is 10.7. The predicted octanol–water partition coefficient (Wildman–Crippen LogP) is 4.39. The summed E-state index contributed by atoms with van der Waals surface area (Å²) in [5.41, 5.74) is 0.668. The summed E-state index contributed by atoms with van der Waals surface area (Å²) in [7, 11) is -1.90. The zero-order valence-corrected chi connectivity index (χ0v) is 17.4. The number of carbonyl (C=O) groups excluding carboxylic acids is 2. The molecular weight excluding hydrogens is 342 g/mol. The quantitative estimate of drug-likeness (QED) is 0.448. The Balaban J connectivity index is 1.81. The molecule has 1 aromatic carbocycles. The van der Waals surface area contributed by atoms with Crippen LogP contribution in [0.3, 0.4) is 0 Å². The number of hydrogen-bond acceptors (Lipinski definition) is 3. The molecule has 5 heteroatoms. The Morgan fingerprint density at radius 1 is 1.12 bits per heavy atom. The SMILES string of the molecule is CC(C)(C)[Si](C)(C)OC[C@H]1C=CC[C@H]2C(=O)N(c3ccccc3)C(=O)[C@@H]12. The maximum atomic E-state index is 13.1. The molecule has 0 N–H and O–H groups in total. The molecule has 0 unspecified atom stereocenters. The van der Waals surface area contributed by atoms with Crippen molar-refractivity contribution in [2.45, 2.75) is 45.3 Å². The average Bonchev–Trinajstić information content (AvgIpc) is 2.84. The smallest absolute Gasteiger partial charge is 0.238 e. The van der Waals surface area contributed by atoms with Crippen molar-refractivity contribution in [3.63, 3.8) is 0 Å². The summed E-state index contributed by atoms with van der Waals surface area (Å²) in [6.45, 7) is 11.6. The summed E-state index contributed by atoms with van der Waals surface area (Å²) >= 11 is 0. The van der Waals surface area contributed by atoms with Gasteiger partial charge in [-0.3, -0.25) is 14.5 Å². The van der Waals surface area contributed by atoms with Gasteiger partial charge in [0.05, 0.1) is 17.5 Å². The molecule has 2 amide bonds. The molecule has 1 heterocycles. The number of imide groups is 1. The van der Waals surface area contributed by atoms with Gasteiger partial charge in [-0.25, -0.2) is 0 Å². The van der Waals surface area contributed by atoms with Crippen LogP contribution in [0.25, 0.3) is 0 Å². The number of para-hydroxylation sites is 1. The first-order valence-electron chi connectivity index (χ1n) is 9.37. The lowest BCUT2D eigenvalue weighted by Gasteiger charge is -2.38. The number of nitrogens with zero attached hydrogens (tertiary/aromatic N) is 1. The van der Waals surface area contributed by atoms with Crippen LogP contribution in [0.4, 0.5) is 5.69 Å². The van der Waals surface area contributed by atoms with E-state index < -0.39 is 8.32 Å². The molecule has 1 saturated heterocycles. The molecule has 1 aromatic rings. The van der Waals surface area contributed by atoms with Crippen molar-refractivity contribution < 1.29 is 14.0 Å². The van der Waals surface area contributed by atoms with Crippen LogP contribution >= 0.6 is 0 Å². The van der Waals surface area contributed by atoms with Crippen LogP contribution in [0.5, 0.6) is 0 Å². The van der Waals surface area contributed by atoms with E-state index in [1.165, 1.54) is 4.90 Å². The Morgan fingerprint density at radius 3 is 2.38 bits per heavy atom. The van der Waals surface area contributed by atoms with Crippen LogP contribution in [-0.2, 0) is 14.0 Å². The number of anilines is 1. The lowest BCUT2D eigenvalue weighted by molar-refractivity contribution is -0.123. The number of amides is 2. The molecule has 0 spiro atoms. The van der Waals surface area contributed by atoms with Gasteiger partial charge in [0.15, 0.2) is 8.32 Å². The molecule has 4 nitrogen and oxygen atoms in total. The molecule has 0 saturated carbocycles. The molecule has 1 aliphatic carbocycles. The van der Waals surface area contributed by atoms with Crippen molar-refractivity contribution in [3.8, 4) is 0 Å². The molecule has 3 rings (SSSR count). The van der Waals surface area contributed by atoms with Gasteiger partial charge in [-0.15, -0.1) is 0 Å².